The van der Waals surface area contributed by atoms with Crippen molar-refractivity contribution in [2.24, 2.45) is 0 Å². The summed E-state index contributed by atoms with van der Waals surface area (Å²) in [4.78, 5) is 3.74. The third-order valence-corrected chi connectivity index (χ3v) is 3.28. The second kappa shape index (κ2) is 6.23. The van der Waals surface area contributed by atoms with Gasteiger partial charge in [-0.25, -0.2) is 0 Å². The van der Waals surface area contributed by atoms with Gasteiger partial charge in [-0.05, 0) is 23.6 Å². The number of alkyl halides is 1. The summed E-state index contributed by atoms with van der Waals surface area (Å²) < 4.78 is 0. The molecule has 0 radical (unpaired) electrons. The highest BCUT2D eigenvalue weighted by atomic mass is 35.5. The molecule has 0 aliphatic heterocycles. The molecule has 0 spiro atoms. The number of hydrogen-bond donors (Lipinski definition) is 0. The van der Waals surface area contributed by atoms with Crippen molar-refractivity contribution < 1.29 is 0 Å². The lowest BCUT2D eigenvalue weighted by molar-refractivity contribution is 0.307. The standard InChI is InChI=1S/C11H16ClNS/c1-3-13(8-10(2)7-12)9-11-5-4-6-14-11/h4-6H,2-3,7-9H2,1H3. The Morgan fingerprint density at radius 3 is 2.93 bits per heavy atom. The molecule has 14 heavy (non-hydrogen) atoms. The van der Waals surface area contributed by atoms with E-state index in [0.717, 1.165) is 25.2 Å². The first-order valence-electron chi connectivity index (χ1n) is 4.73. The molecule has 0 atom stereocenters. The van der Waals surface area contributed by atoms with E-state index in [9.17, 15) is 0 Å². The Kier molecular flexibility index (Phi) is 5.23. The molecule has 0 aliphatic carbocycles. The summed E-state index contributed by atoms with van der Waals surface area (Å²) in [6, 6.07) is 4.25. The molecule has 1 heterocycles. The van der Waals surface area contributed by atoms with Crippen molar-refractivity contribution in [1.29, 1.82) is 0 Å². The van der Waals surface area contributed by atoms with Crippen LogP contribution in [-0.4, -0.2) is 23.9 Å². The number of likely N-dealkylation sites (N-methyl/N-ethyl adjacent to an activating group) is 1. The van der Waals surface area contributed by atoms with Crippen LogP contribution in [0.4, 0.5) is 0 Å². The molecule has 0 unspecified atom stereocenters. The monoisotopic (exact) mass is 229 g/mol. The average Bonchev–Trinajstić information content (AvgIpc) is 2.69. The summed E-state index contributed by atoms with van der Waals surface area (Å²) in [5.74, 6) is 0.556. The lowest BCUT2D eigenvalue weighted by Crippen LogP contribution is -2.24. The third kappa shape index (κ3) is 3.82. The van der Waals surface area contributed by atoms with Crippen molar-refractivity contribution in [3.8, 4) is 0 Å². The maximum atomic E-state index is 5.71. The fourth-order valence-corrected chi connectivity index (χ4v) is 2.09. The van der Waals surface area contributed by atoms with E-state index in [0.29, 0.717) is 5.88 Å². The van der Waals surface area contributed by atoms with Crippen molar-refractivity contribution in [2.75, 3.05) is 19.0 Å². The van der Waals surface area contributed by atoms with E-state index in [1.807, 2.05) is 0 Å². The van der Waals surface area contributed by atoms with Crippen molar-refractivity contribution in [2.45, 2.75) is 13.5 Å². The third-order valence-electron chi connectivity index (χ3n) is 2.04. The van der Waals surface area contributed by atoms with E-state index in [1.165, 1.54) is 4.88 Å². The van der Waals surface area contributed by atoms with Gasteiger partial charge >= 0.3 is 0 Å². The molecular formula is C11H16ClNS. The van der Waals surface area contributed by atoms with E-state index >= 15 is 0 Å². The normalized spacial score (nSPS) is 10.8. The highest BCUT2D eigenvalue weighted by Gasteiger charge is 2.05. The van der Waals surface area contributed by atoms with Gasteiger partial charge in [-0.1, -0.05) is 19.6 Å². The van der Waals surface area contributed by atoms with Gasteiger partial charge in [0.1, 0.15) is 0 Å². The fraction of sp³-hybridized carbons (Fsp3) is 0.455. The summed E-state index contributed by atoms with van der Waals surface area (Å²) in [7, 11) is 0. The Balaban J connectivity index is 2.43. The summed E-state index contributed by atoms with van der Waals surface area (Å²) in [6.07, 6.45) is 0. The van der Waals surface area contributed by atoms with Crippen LogP contribution in [-0.2, 0) is 6.54 Å². The quantitative estimate of drug-likeness (QED) is 0.534. The minimum Gasteiger partial charge on any atom is -0.295 e. The minimum atomic E-state index is 0.556. The number of halogens is 1. The van der Waals surface area contributed by atoms with Crippen LogP contribution in [0.5, 0.6) is 0 Å². The summed E-state index contributed by atoms with van der Waals surface area (Å²) in [6.45, 7) is 9.02. The van der Waals surface area contributed by atoms with Crippen LogP contribution < -0.4 is 0 Å². The van der Waals surface area contributed by atoms with Gasteiger partial charge in [0.2, 0.25) is 0 Å². The maximum absolute atomic E-state index is 5.71. The molecule has 0 saturated heterocycles. The molecule has 0 aliphatic rings. The number of thiophene rings is 1. The van der Waals surface area contributed by atoms with E-state index < -0.39 is 0 Å². The zero-order chi connectivity index (χ0) is 10.4. The van der Waals surface area contributed by atoms with Crippen LogP contribution >= 0.6 is 22.9 Å². The maximum Gasteiger partial charge on any atom is 0.0443 e. The van der Waals surface area contributed by atoms with Gasteiger partial charge in [0.05, 0.1) is 0 Å². The van der Waals surface area contributed by atoms with E-state index in [-0.39, 0.29) is 0 Å². The van der Waals surface area contributed by atoms with Crippen LogP contribution in [0.1, 0.15) is 11.8 Å². The van der Waals surface area contributed by atoms with Crippen molar-refractivity contribution in [3.05, 3.63) is 34.5 Å². The second-order valence-corrected chi connectivity index (χ2v) is 4.57. The smallest absolute Gasteiger partial charge is 0.0443 e. The number of rotatable bonds is 6. The van der Waals surface area contributed by atoms with Gasteiger partial charge in [-0.15, -0.1) is 22.9 Å². The first kappa shape index (κ1) is 11.8. The fourth-order valence-electron chi connectivity index (χ4n) is 1.26. The average molecular weight is 230 g/mol. The molecular weight excluding hydrogens is 214 g/mol. The zero-order valence-electron chi connectivity index (χ0n) is 8.50. The van der Waals surface area contributed by atoms with E-state index in [4.69, 9.17) is 11.6 Å². The van der Waals surface area contributed by atoms with Crippen LogP contribution in [0.15, 0.2) is 29.7 Å². The molecule has 1 aromatic heterocycles. The number of nitrogens with zero attached hydrogens (tertiary/aromatic N) is 1. The molecule has 0 bridgehead atoms. The van der Waals surface area contributed by atoms with Crippen LogP contribution in [0, 0.1) is 0 Å². The van der Waals surface area contributed by atoms with E-state index in [1.54, 1.807) is 11.3 Å². The second-order valence-electron chi connectivity index (χ2n) is 3.27. The van der Waals surface area contributed by atoms with Gasteiger partial charge < -0.3 is 0 Å². The molecule has 1 rings (SSSR count). The van der Waals surface area contributed by atoms with E-state index in [2.05, 4.69) is 35.9 Å². The molecule has 3 heteroatoms. The van der Waals surface area contributed by atoms with Gasteiger partial charge in [0.25, 0.3) is 0 Å². The highest BCUT2D eigenvalue weighted by molar-refractivity contribution is 7.09. The van der Waals surface area contributed by atoms with Gasteiger partial charge in [0, 0.05) is 23.8 Å². The van der Waals surface area contributed by atoms with Gasteiger partial charge in [-0.2, -0.15) is 0 Å². The summed E-state index contributed by atoms with van der Waals surface area (Å²) in [5, 5.41) is 2.11. The molecule has 78 valence electrons. The van der Waals surface area contributed by atoms with Crippen molar-refractivity contribution in [1.82, 2.24) is 4.90 Å². The molecule has 0 amide bonds. The largest absolute Gasteiger partial charge is 0.295 e. The number of hydrogen-bond acceptors (Lipinski definition) is 2. The Bertz CT molecular complexity index is 269. The predicted molar refractivity (Wildman–Crippen MR) is 65.1 cm³/mol. The van der Waals surface area contributed by atoms with Gasteiger partial charge in [0.15, 0.2) is 0 Å². The Morgan fingerprint density at radius 1 is 1.64 bits per heavy atom. The minimum absolute atomic E-state index is 0.556. The molecule has 0 N–H and O–H groups in total. The molecule has 0 saturated carbocycles. The van der Waals surface area contributed by atoms with Crippen LogP contribution in [0.2, 0.25) is 0 Å². The van der Waals surface area contributed by atoms with Crippen LogP contribution in [0.25, 0.3) is 0 Å². The molecule has 1 nitrogen and oxygen atoms in total. The van der Waals surface area contributed by atoms with Crippen molar-refractivity contribution in [3.63, 3.8) is 0 Å². The van der Waals surface area contributed by atoms with Crippen molar-refractivity contribution >= 4 is 22.9 Å². The summed E-state index contributed by atoms with van der Waals surface area (Å²) >= 11 is 7.51. The molecule has 0 fully saturated rings. The topological polar surface area (TPSA) is 3.24 Å². The first-order valence-corrected chi connectivity index (χ1v) is 6.15. The molecule has 0 aromatic carbocycles. The summed E-state index contributed by atoms with van der Waals surface area (Å²) in [5.41, 5.74) is 1.09. The Hall–Kier alpha value is -0.310. The highest BCUT2D eigenvalue weighted by Crippen LogP contribution is 2.12. The Morgan fingerprint density at radius 2 is 2.43 bits per heavy atom. The Labute approximate surface area is 95.0 Å². The van der Waals surface area contributed by atoms with Gasteiger partial charge in [-0.3, -0.25) is 4.90 Å². The van der Waals surface area contributed by atoms with Crippen LogP contribution in [0.3, 0.4) is 0 Å². The predicted octanol–water partition coefficient (Wildman–Crippen LogP) is 3.37. The zero-order valence-corrected chi connectivity index (χ0v) is 10.1. The first-order chi connectivity index (χ1) is 6.76. The SMILES string of the molecule is C=C(CCl)CN(CC)Cc1cccs1. The lowest BCUT2D eigenvalue weighted by atomic mass is 10.3. The molecule has 1 aromatic rings. The lowest BCUT2D eigenvalue weighted by Gasteiger charge is -2.19.